The maximum Gasteiger partial charge on any atom is 0.275 e. The van der Waals surface area contributed by atoms with Gasteiger partial charge in [-0.15, -0.1) is 0 Å². The number of aryl methyl sites for hydroxylation is 1. The molecule has 1 fully saturated rings. The lowest BCUT2D eigenvalue weighted by Crippen LogP contribution is -2.38. The number of amides is 2. The second-order valence-corrected chi connectivity index (χ2v) is 6.40. The summed E-state index contributed by atoms with van der Waals surface area (Å²) in [5, 5.41) is 5.76. The summed E-state index contributed by atoms with van der Waals surface area (Å²) in [5.41, 5.74) is 2.73. The molecule has 136 valence electrons. The smallest absolute Gasteiger partial charge is 0.275 e. The fraction of sp³-hybridized carbons (Fsp3) is 0.368. The van der Waals surface area contributed by atoms with E-state index < -0.39 is 0 Å². The second-order valence-electron chi connectivity index (χ2n) is 6.40. The van der Waals surface area contributed by atoms with Crippen LogP contribution in [0.2, 0.25) is 0 Å². The van der Waals surface area contributed by atoms with E-state index in [1.807, 2.05) is 31.2 Å². The summed E-state index contributed by atoms with van der Waals surface area (Å²) < 4.78 is 5.82. The number of nitrogens with one attached hydrogen (secondary N) is 2. The Bertz CT molecular complexity index is 774. The van der Waals surface area contributed by atoms with Crippen LogP contribution in [0.3, 0.4) is 0 Å². The highest BCUT2D eigenvalue weighted by Crippen LogP contribution is 2.29. The second kappa shape index (κ2) is 8.05. The summed E-state index contributed by atoms with van der Waals surface area (Å²) in [6, 6.07) is 7.65. The molecule has 0 saturated carbocycles. The van der Waals surface area contributed by atoms with Crippen LogP contribution in [0.25, 0.3) is 0 Å². The largest absolute Gasteiger partial charge is 0.373 e. The molecule has 7 heteroatoms. The van der Waals surface area contributed by atoms with Gasteiger partial charge in [0.2, 0.25) is 5.91 Å². The van der Waals surface area contributed by atoms with Crippen molar-refractivity contribution in [1.82, 2.24) is 15.3 Å². The van der Waals surface area contributed by atoms with Gasteiger partial charge in [-0.2, -0.15) is 0 Å². The van der Waals surface area contributed by atoms with Crippen LogP contribution in [0.1, 0.15) is 47.6 Å². The molecule has 0 bridgehead atoms. The number of benzene rings is 1. The third-order valence-corrected chi connectivity index (χ3v) is 4.25. The van der Waals surface area contributed by atoms with Crippen molar-refractivity contribution in [2.45, 2.75) is 38.8 Å². The van der Waals surface area contributed by atoms with Crippen LogP contribution in [0.4, 0.5) is 5.69 Å². The summed E-state index contributed by atoms with van der Waals surface area (Å²) >= 11 is 0. The molecule has 7 nitrogen and oxygen atoms in total. The van der Waals surface area contributed by atoms with Gasteiger partial charge in [0.1, 0.15) is 5.69 Å². The average Bonchev–Trinajstić information content (AvgIpc) is 2.62. The number of carbonyl (C=O) groups is 2. The molecule has 0 radical (unpaired) electrons. The van der Waals surface area contributed by atoms with Crippen molar-refractivity contribution >= 4 is 17.5 Å². The van der Waals surface area contributed by atoms with Gasteiger partial charge in [-0.3, -0.25) is 14.6 Å². The number of carbonyl (C=O) groups excluding carboxylic acids is 2. The van der Waals surface area contributed by atoms with E-state index in [9.17, 15) is 9.59 Å². The third kappa shape index (κ3) is 4.64. The highest BCUT2D eigenvalue weighted by atomic mass is 16.5. The molecule has 2 amide bonds. The van der Waals surface area contributed by atoms with Crippen molar-refractivity contribution in [1.29, 1.82) is 0 Å². The molecule has 0 spiro atoms. The topological polar surface area (TPSA) is 93.2 Å². The first-order valence-corrected chi connectivity index (χ1v) is 8.60. The molecule has 1 aliphatic heterocycles. The van der Waals surface area contributed by atoms with Crippen LogP contribution in [0.15, 0.2) is 36.7 Å². The molecule has 2 heterocycles. The van der Waals surface area contributed by atoms with Gasteiger partial charge >= 0.3 is 0 Å². The maximum atomic E-state index is 12.2. The third-order valence-electron chi connectivity index (χ3n) is 4.25. The Morgan fingerprint density at radius 2 is 1.92 bits per heavy atom. The Morgan fingerprint density at radius 3 is 2.58 bits per heavy atom. The summed E-state index contributed by atoms with van der Waals surface area (Å²) in [7, 11) is 0. The van der Waals surface area contributed by atoms with E-state index in [1.54, 1.807) is 6.20 Å². The van der Waals surface area contributed by atoms with Crippen LogP contribution in [0, 0.1) is 6.92 Å². The predicted molar refractivity (Wildman–Crippen MR) is 96.7 cm³/mol. The molecule has 3 rings (SSSR count). The predicted octanol–water partition coefficient (Wildman–Crippen LogP) is 2.39. The fourth-order valence-electron chi connectivity index (χ4n) is 2.93. The number of ether oxygens (including phenoxy) is 1. The lowest BCUT2D eigenvalue weighted by molar-refractivity contribution is -0.120. The summed E-state index contributed by atoms with van der Waals surface area (Å²) in [4.78, 5) is 31.6. The minimum Gasteiger partial charge on any atom is -0.373 e. The first-order valence-electron chi connectivity index (χ1n) is 8.60. The van der Waals surface area contributed by atoms with Crippen LogP contribution < -0.4 is 10.6 Å². The van der Waals surface area contributed by atoms with Crippen molar-refractivity contribution in [3.05, 3.63) is 53.6 Å². The number of anilines is 1. The first-order chi connectivity index (χ1) is 12.5. The van der Waals surface area contributed by atoms with Crippen molar-refractivity contribution < 1.29 is 14.3 Å². The van der Waals surface area contributed by atoms with Gasteiger partial charge in [0.25, 0.3) is 5.91 Å². The van der Waals surface area contributed by atoms with E-state index >= 15 is 0 Å². The summed E-state index contributed by atoms with van der Waals surface area (Å²) in [6.45, 7) is 3.96. The minimum atomic E-state index is -0.301. The molecular weight excluding hydrogens is 332 g/mol. The SMILES string of the molecule is CC(=O)N[C@@H]1CCO[C@H](c2ccc(NC(=O)c3cnc(C)cn3)cc2)C1. The summed E-state index contributed by atoms with van der Waals surface area (Å²) in [5.74, 6) is -0.321. The fourth-order valence-corrected chi connectivity index (χ4v) is 2.93. The molecule has 2 atom stereocenters. The van der Waals surface area contributed by atoms with Crippen molar-refractivity contribution in [3.63, 3.8) is 0 Å². The quantitative estimate of drug-likeness (QED) is 0.879. The van der Waals surface area contributed by atoms with E-state index in [1.165, 1.54) is 13.1 Å². The maximum absolute atomic E-state index is 12.2. The molecule has 2 N–H and O–H groups in total. The molecule has 0 unspecified atom stereocenters. The van der Waals surface area contributed by atoms with Gasteiger partial charge in [0.05, 0.1) is 18.0 Å². The summed E-state index contributed by atoms with van der Waals surface area (Å²) in [6.07, 6.45) is 4.51. The molecule has 1 aliphatic rings. The molecule has 1 aromatic carbocycles. The van der Waals surface area contributed by atoms with Crippen LogP contribution in [0.5, 0.6) is 0 Å². The minimum absolute atomic E-state index is 0.0204. The van der Waals surface area contributed by atoms with Crippen LogP contribution in [-0.2, 0) is 9.53 Å². The number of hydrogen-bond acceptors (Lipinski definition) is 5. The molecule has 26 heavy (non-hydrogen) atoms. The first kappa shape index (κ1) is 18.0. The van der Waals surface area contributed by atoms with E-state index in [4.69, 9.17) is 4.74 Å². The molecular formula is C19H22N4O3. The number of nitrogens with zero attached hydrogens (tertiary/aromatic N) is 2. The lowest BCUT2D eigenvalue weighted by atomic mass is 9.97. The van der Waals surface area contributed by atoms with E-state index in [2.05, 4.69) is 20.6 Å². The van der Waals surface area contributed by atoms with E-state index in [-0.39, 0.29) is 29.7 Å². The van der Waals surface area contributed by atoms with Gasteiger partial charge in [0, 0.05) is 31.5 Å². The normalized spacial score (nSPS) is 19.6. The zero-order chi connectivity index (χ0) is 18.5. The lowest BCUT2D eigenvalue weighted by Gasteiger charge is -2.30. The van der Waals surface area contributed by atoms with Crippen LogP contribution >= 0.6 is 0 Å². The molecule has 1 saturated heterocycles. The Hall–Kier alpha value is -2.80. The average molecular weight is 354 g/mol. The highest BCUT2D eigenvalue weighted by Gasteiger charge is 2.24. The van der Waals surface area contributed by atoms with Gasteiger partial charge in [-0.1, -0.05) is 12.1 Å². The van der Waals surface area contributed by atoms with E-state index in [0.29, 0.717) is 12.3 Å². The van der Waals surface area contributed by atoms with Crippen LogP contribution in [-0.4, -0.2) is 34.4 Å². The van der Waals surface area contributed by atoms with Gasteiger partial charge < -0.3 is 15.4 Å². The molecule has 0 aliphatic carbocycles. The Balaban J connectivity index is 1.62. The van der Waals surface area contributed by atoms with Crippen molar-refractivity contribution in [3.8, 4) is 0 Å². The van der Waals surface area contributed by atoms with Crippen molar-refractivity contribution in [2.75, 3.05) is 11.9 Å². The molecule has 1 aromatic heterocycles. The zero-order valence-electron chi connectivity index (χ0n) is 14.9. The van der Waals surface area contributed by atoms with Gasteiger partial charge in [-0.25, -0.2) is 4.98 Å². The zero-order valence-corrected chi connectivity index (χ0v) is 14.9. The van der Waals surface area contributed by atoms with Gasteiger partial charge in [0.15, 0.2) is 0 Å². The Morgan fingerprint density at radius 1 is 1.15 bits per heavy atom. The van der Waals surface area contributed by atoms with Gasteiger partial charge in [-0.05, 0) is 37.5 Å². The van der Waals surface area contributed by atoms with Crippen molar-refractivity contribution in [2.24, 2.45) is 0 Å². The van der Waals surface area contributed by atoms with E-state index in [0.717, 1.165) is 24.1 Å². The Labute approximate surface area is 152 Å². The standard InChI is InChI=1S/C19H22N4O3/c1-12-10-21-17(11-20-12)19(25)23-15-5-3-14(4-6-15)18-9-16(7-8-26-18)22-13(2)24/h3-6,10-11,16,18H,7-9H2,1-2H3,(H,22,24)(H,23,25)/t16-,18+/m1/s1. The monoisotopic (exact) mass is 354 g/mol. The number of aromatic nitrogens is 2. The number of rotatable bonds is 4. The highest BCUT2D eigenvalue weighted by molar-refractivity contribution is 6.02. The molecule has 2 aromatic rings. The number of hydrogen-bond donors (Lipinski definition) is 2. The Kier molecular flexibility index (Phi) is 5.58.